The predicted molar refractivity (Wildman–Crippen MR) is 127 cm³/mol. The highest BCUT2D eigenvalue weighted by Gasteiger charge is 2.57. The summed E-state index contributed by atoms with van der Waals surface area (Å²) in [4.78, 5) is 62.7. The van der Waals surface area contributed by atoms with E-state index < -0.39 is 61.0 Å². The number of hydrogen-bond donors (Lipinski definition) is 2. The second kappa shape index (κ2) is 10.7. The Morgan fingerprint density at radius 2 is 1.57 bits per heavy atom. The Labute approximate surface area is 220 Å². The standard InChI is InChI=1S/C24H20Cl2N2O9/c25-15-2-1-3-16(26)14(15)11-36-13-6-4-12(5-7-13)8-18-24(35)37-23-22(34)27(10-20(31)32)17(9-19(29)30)21(33)28(18)23/h1-7,17-18,23H,8-11H2,(H,29,30)(H,31,32). The van der Waals surface area contributed by atoms with E-state index in [4.69, 9.17) is 37.8 Å². The molecule has 3 atom stereocenters. The molecule has 0 bridgehead atoms. The van der Waals surface area contributed by atoms with Crippen molar-refractivity contribution in [3.8, 4) is 5.75 Å². The van der Waals surface area contributed by atoms with Gasteiger partial charge in [-0.05, 0) is 29.8 Å². The fourth-order valence-electron chi connectivity index (χ4n) is 4.21. The average Bonchev–Trinajstić information content (AvgIpc) is 3.16. The lowest BCUT2D eigenvalue weighted by Crippen LogP contribution is -2.65. The Morgan fingerprint density at radius 3 is 2.16 bits per heavy atom. The number of piperazine rings is 1. The average molecular weight is 551 g/mol. The van der Waals surface area contributed by atoms with Crippen molar-refractivity contribution in [1.82, 2.24) is 9.80 Å². The van der Waals surface area contributed by atoms with Crippen LogP contribution in [0.15, 0.2) is 42.5 Å². The number of hydrogen-bond acceptors (Lipinski definition) is 7. The molecule has 0 saturated carbocycles. The molecule has 3 unspecified atom stereocenters. The quantitative estimate of drug-likeness (QED) is 0.446. The van der Waals surface area contributed by atoms with Crippen LogP contribution >= 0.6 is 23.2 Å². The van der Waals surface area contributed by atoms with Gasteiger partial charge < -0.3 is 24.6 Å². The first kappa shape index (κ1) is 26.2. The summed E-state index contributed by atoms with van der Waals surface area (Å²) >= 11 is 12.3. The van der Waals surface area contributed by atoms with Gasteiger partial charge in [0.1, 0.15) is 31.0 Å². The number of halogens is 2. The minimum absolute atomic E-state index is 0.0241. The van der Waals surface area contributed by atoms with Crippen LogP contribution in [0.4, 0.5) is 0 Å². The van der Waals surface area contributed by atoms with Crippen molar-refractivity contribution < 1.29 is 43.7 Å². The van der Waals surface area contributed by atoms with Gasteiger partial charge in [0.25, 0.3) is 12.1 Å². The molecule has 2 aromatic carbocycles. The van der Waals surface area contributed by atoms with Crippen molar-refractivity contribution in [3.05, 3.63) is 63.6 Å². The number of benzene rings is 2. The van der Waals surface area contributed by atoms with Crippen LogP contribution in [0.2, 0.25) is 10.0 Å². The van der Waals surface area contributed by atoms with Crippen LogP contribution in [0.5, 0.6) is 5.75 Å². The Balaban J connectivity index is 1.49. The molecule has 2 aliphatic rings. The van der Waals surface area contributed by atoms with Crippen molar-refractivity contribution in [2.75, 3.05) is 6.54 Å². The molecule has 2 heterocycles. The van der Waals surface area contributed by atoms with E-state index in [2.05, 4.69) is 0 Å². The van der Waals surface area contributed by atoms with E-state index in [0.717, 1.165) is 4.90 Å². The van der Waals surface area contributed by atoms with Gasteiger partial charge in [-0.1, -0.05) is 41.4 Å². The maximum atomic E-state index is 13.2. The molecule has 11 nitrogen and oxygen atoms in total. The van der Waals surface area contributed by atoms with Crippen molar-refractivity contribution in [2.24, 2.45) is 0 Å². The molecule has 2 aromatic rings. The Hall–Kier alpha value is -3.83. The second-order valence-corrected chi connectivity index (χ2v) is 9.18. The van der Waals surface area contributed by atoms with Crippen molar-refractivity contribution in [1.29, 1.82) is 0 Å². The molecule has 13 heteroatoms. The smallest absolute Gasteiger partial charge is 0.331 e. The van der Waals surface area contributed by atoms with E-state index in [9.17, 15) is 29.1 Å². The minimum atomic E-state index is -1.66. The summed E-state index contributed by atoms with van der Waals surface area (Å²) in [5, 5.41) is 19.2. The van der Waals surface area contributed by atoms with Crippen LogP contribution in [-0.4, -0.2) is 74.6 Å². The number of carboxylic acid groups (broad SMARTS) is 2. The van der Waals surface area contributed by atoms with E-state index in [0.29, 0.717) is 31.8 Å². The molecule has 37 heavy (non-hydrogen) atoms. The summed E-state index contributed by atoms with van der Waals surface area (Å²) in [6, 6.07) is 8.93. The van der Waals surface area contributed by atoms with Gasteiger partial charge in [0.2, 0.25) is 5.91 Å². The van der Waals surface area contributed by atoms with E-state index in [-0.39, 0.29) is 13.0 Å². The molecule has 194 valence electrons. The molecule has 2 fully saturated rings. The fourth-order valence-corrected chi connectivity index (χ4v) is 4.72. The number of esters is 1. The highest BCUT2D eigenvalue weighted by atomic mass is 35.5. The van der Waals surface area contributed by atoms with Crippen LogP contribution < -0.4 is 4.74 Å². The molecule has 0 aliphatic carbocycles. The molecular weight excluding hydrogens is 531 g/mol. The van der Waals surface area contributed by atoms with Crippen molar-refractivity contribution >= 4 is 52.9 Å². The third kappa shape index (κ3) is 5.47. The molecular formula is C24H20Cl2N2O9. The first-order valence-electron chi connectivity index (χ1n) is 11.0. The maximum Gasteiger partial charge on any atom is 0.331 e. The third-order valence-corrected chi connectivity index (χ3v) is 6.68. The maximum absolute atomic E-state index is 13.2. The first-order valence-corrected chi connectivity index (χ1v) is 11.7. The molecule has 2 amide bonds. The van der Waals surface area contributed by atoms with E-state index in [1.807, 2.05) is 0 Å². The zero-order valence-electron chi connectivity index (χ0n) is 19.0. The monoisotopic (exact) mass is 550 g/mol. The Kier molecular flexibility index (Phi) is 7.55. The normalized spacial score (nSPS) is 21.0. The second-order valence-electron chi connectivity index (χ2n) is 8.36. The van der Waals surface area contributed by atoms with Crippen LogP contribution in [0.3, 0.4) is 0 Å². The van der Waals surface area contributed by atoms with E-state index in [1.165, 1.54) is 0 Å². The molecule has 0 radical (unpaired) electrons. The van der Waals surface area contributed by atoms with Gasteiger partial charge in [-0.25, -0.2) is 4.79 Å². The number of ether oxygens (including phenoxy) is 2. The van der Waals surface area contributed by atoms with E-state index in [1.54, 1.807) is 42.5 Å². The molecule has 4 rings (SSSR count). The minimum Gasteiger partial charge on any atom is -0.489 e. The van der Waals surface area contributed by atoms with Crippen LogP contribution in [0, 0.1) is 0 Å². The van der Waals surface area contributed by atoms with Gasteiger partial charge in [0.05, 0.1) is 6.42 Å². The summed E-state index contributed by atoms with van der Waals surface area (Å²) in [6.07, 6.45) is -2.50. The van der Waals surface area contributed by atoms with Crippen LogP contribution in [0.25, 0.3) is 0 Å². The summed E-state index contributed by atoms with van der Waals surface area (Å²) in [6.45, 7) is -0.785. The van der Waals surface area contributed by atoms with Crippen molar-refractivity contribution in [3.63, 3.8) is 0 Å². The van der Waals surface area contributed by atoms with Gasteiger partial charge in [0.15, 0.2) is 0 Å². The molecule has 0 aromatic heterocycles. The molecule has 2 aliphatic heterocycles. The van der Waals surface area contributed by atoms with Gasteiger partial charge in [-0.15, -0.1) is 0 Å². The predicted octanol–water partition coefficient (Wildman–Crippen LogP) is 1.97. The Morgan fingerprint density at radius 1 is 0.919 bits per heavy atom. The van der Waals surface area contributed by atoms with Crippen LogP contribution in [0.1, 0.15) is 17.5 Å². The topological polar surface area (TPSA) is 151 Å². The number of carbonyl (C=O) groups excluding carboxylic acids is 3. The lowest BCUT2D eigenvalue weighted by atomic mass is 10.0. The number of carbonyl (C=O) groups is 5. The summed E-state index contributed by atoms with van der Waals surface area (Å²) in [7, 11) is 0. The highest BCUT2D eigenvalue weighted by molar-refractivity contribution is 6.35. The molecule has 0 spiro atoms. The van der Waals surface area contributed by atoms with Crippen molar-refractivity contribution in [2.45, 2.75) is 37.8 Å². The summed E-state index contributed by atoms with van der Waals surface area (Å²) < 4.78 is 10.8. The third-order valence-electron chi connectivity index (χ3n) is 5.97. The number of amides is 2. The van der Waals surface area contributed by atoms with Crippen LogP contribution in [-0.2, 0) is 41.7 Å². The zero-order valence-corrected chi connectivity index (χ0v) is 20.5. The lowest BCUT2D eigenvalue weighted by molar-refractivity contribution is -0.177. The number of nitrogens with zero attached hydrogens (tertiary/aromatic N) is 2. The fraction of sp³-hybridized carbons (Fsp3) is 0.292. The van der Waals surface area contributed by atoms with Gasteiger partial charge >= 0.3 is 17.9 Å². The summed E-state index contributed by atoms with van der Waals surface area (Å²) in [5.74, 6) is -5.05. The largest absolute Gasteiger partial charge is 0.489 e. The highest BCUT2D eigenvalue weighted by Crippen LogP contribution is 2.31. The Bertz CT molecular complexity index is 1250. The zero-order chi connectivity index (χ0) is 26.9. The first-order chi connectivity index (χ1) is 17.6. The SMILES string of the molecule is O=C(O)CC1C(=O)N2C(Cc3ccc(OCc4c(Cl)cccc4Cl)cc3)C(=O)OC2C(=O)N1CC(=O)O. The summed E-state index contributed by atoms with van der Waals surface area (Å²) in [5.41, 5.74) is 1.23. The molecule has 2 saturated heterocycles. The van der Waals surface area contributed by atoms with E-state index >= 15 is 0 Å². The van der Waals surface area contributed by atoms with Gasteiger partial charge in [0, 0.05) is 22.0 Å². The molecule has 2 N–H and O–H groups in total. The number of fused-ring (bicyclic) bond motifs is 1. The number of rotatable bonds is 9. The lowest BCUT2D eigenvalue weighted by Gasteiger charge is -2.40. The van der Waals surface area contributed by atoms with Gasteiger partial charge in [-0.3, -0.25) is 24.1 Å². The number of aliphatic carboxylic acids is 2. The number of carboxylic acids is 2. The van der Waals surface area contributed by atoms with Gasteiger partial charge in [-0.2, -0.15) is 0 Å².